The molecule has 1 heterocycles. The molecule has 1 amide bonds. The molecule has 1 aliphatic heterocycles. The van der Waals surface area contributed by atoms with Crippen molar-refractivity contribution in [3.8, 4) is 0 Å². The maximum Gasteiger partial charge on any atom is 0.414 e. The van der Waals surface area contributed by atoms with Gasteiger partial charge in [0.05, 0.1) is 6.04 Å². The van der Waals surface area contributed by atoms with Gasteiger partial charge in [-0.2, -0.15) is 0 Å². The van der Waals surface area contributed by atoms with E-state index in [1.807, 2.05) is 48.5 Å². The maximum atomic E-state index is 13.0. The lowest BCUT2D eigenvalue weighted by atomic mass is 9.84. The molecule has 29 heavy (non-hydrogen) atoms. The number of nitrogens with zero attached hydrogens (tertiary/aromatic N) is 1. The number of hydrogen-bond donors (Lipinski definition) is 1. The van der Waals surface area contributed by atoms with E-state index < -0.39 is 0 Å². The zero-order chi connectivity index (χ0) is 20.5. The Balaban J connectivity index is 1.77. The average Bonchev–Trinajstić information content (AvgIpc) is 2.78. The van der Waals surface area contributed by atoms with Gasteiger partial charge in [-0.15, -0.1) is 0 Å². The topological polar surface area (TPSA) is 49.8 Å². The predicted molar refractivity (Wildman–Crippen MR) is 116 cm³/mol. The molecule has 1 aliphatic rings. The van der Waals surface area contributed by atoms with Gasteiger partial charge in [-0.3, -0.25) is 4.90 Å². The molecule has 0 saturated heterocycles. The number of benzene rings is 2. The highest BCUT2D eigenvalue weighted by Gasteiger charge is 2.34. The standard InChI is InChI=1S/C25H31NO3/c1-2-3-4-8-14-22(18-27)24-23-15-10-9-13-21(23)16-17-26(24)25(28)29-19-20-11-6-5-7-12-20/h5-7,9-13,15-17,22,24,27H,2-4,8,14,18-19H2,1H3/t22-,24+/m1/s1. The fourth-order valence-electron chi connectivity index (χ4n) is 3.97. The van der Waals surface area contributed by atoms with Crippen LogP contribution in [0.25, 0.3) is 6.08 Å². The lowest BCUT2D eigenvalue weighted by molar-refractivity contribution is 0.0722. The minimum atomic E-state index is -0.378. The Morgan fingerprint density at radius 1 is 1.07 bits per heavy atom. The summed E-state index contributed by atoms with van der Waals surface area (Å²) in [4.78, 5) is 14.6. The number of ether oxygens (including phenoxy) is 1. The number of carbonyl (C=O) groups is 1. The van der Waals surface area contributed by atoms with Crippen molar-refractivity contribution >= 4 is 12.2 Å². The fraction of sp³-hybridized carbons (Fsp3) is 0.400. The van der Waals surface area contributed by atoms with Crippen LogP contribution in [0.15, 0.2) is 60.8 Å². The smallest absolute Gasteiger partial charge is 0.414 e. The zero-order valence-corrected chi connectivity index (χ0v) is 17.2. The molecule has 2 atom stereocenters. The molecule has 0 bridgehead atoms. The van der Waals surface area contributed by atoms with Crippen LogP contribution in [0.4, 0.5) is 4.79 Å². The molecule has 0 saturated carbocycles. The van der Waals surface area contributed by atoms with Crippen molar-refractivity contribution in [1.29, 1.82) is 0 Å². The highest BCUT2D eigenvalue weighted by atomic mass is 16.6. The SMILES string of the molecule is CCCCCC[C@H](CO)[C@H]1c2ccccc2C=CN1C(=O)OCc1ccccc1. The van der Waals surface area contributed by atoms with Crippen molar-refractivity contribution in [2.45, 2.75) is 51.7 Å². The first-order valence-corrected chi connectivity index (χ1v) is 10.6. The molecule has 0 fully saturated rings. The van der Waals surface area contributed by atoms with Gasteiger partial charge in [0.1, 0.15) is 6.61 Å². The summed E-state index contributed by atoms with van der Waals surface area (Å²) in [5.41, 5.74) is 3.12. The van der Waals surface area contributed by atoms with Crippen LogP contribution in [-0.4, -0.2) is 22.7 Å². The van der Waals surface area contributed by atoms with Crippen molar-refractivity contribution < 1.29 is 14.6 Å². The van der Waals surface area contributed by atoms with Gasteiger partial charge in [-0.1, -0.05) is 87.2 Å². The van der Waals surface area contributed by atoms with Crippen molar-refractivity contribution in [2.24, 2.45) is 5.92 Å². The molecule has 2 aromatic rings. The van der Waals surface area contributed by atoms with Crippen molar-refractivity contribution in [3.63, 3.8) is 0 Å². The van der Waals surface area contributed by atoms with Gasteiger partial charge in [0, 0.05) is 18.7 Å². The molecule has 1 N–H and O–H groups in total. The molecule has 0 aliphatic carbocycles. The summed E-state index contributed by atoms with van der Waals surface area (Å²) in [5, 5.41) is 10.2. The third-order valence-electron chi connectivity index (χ3n) is 5.55. The average molecular weight is 394 g/mol. The Hall–Kier alpha value is -2.59. The molecule has 0 spiro atoms. The number of aliphatic hydroxyl groups is 1. The minimum absolute atomic E-state index is 0.0257. The van der Waals surface area contributed by atoms with Crippen molar-refractivity contribution in [3.05, 3.63) is 77.5 Å². The van der Waals surface area contributed by atoms with Gasteiger partial charge in [-0.05, 0) is 29.2 Å². The highest BCUT2D eigenvalue weighted by Crippen LogP contribution is 2.38. The number of fused-ring (bicyclic) bond motifs is 1. The number of rotatable bonds is 9. The third-order valence-corrected chi connectivity index (χ3v) is 5.55. The lowest BCUT2D eigenvalue weighted by Crippen LogP contribution is -2.38. The van der Waals surface area contributed by atoms with E-state index in [1.165, 1.54) is 12.8 Å². The van der Waals surface area contributed by atoms with Gasteiger partial charge < -0.3 is 9.84 Å². The Morgan fingerprint density at radius 3 is 2.59 bits per heavy atom. The van der Waals surface area contributed by atoms with Gasteiger partial charge in [-0.25, -0.2) is 4.79 Å². The van der Waals surface area contributed by atoms with Gasteiger partial charge in [0.25, 0.3) is 0 Å². The van der Waals surface area contributed by atoms with Crippen LogP contribution >= 0.6 is 0 Å². The van der Waals surface area contributed by atoms with E-state index >= 15 is 0 Å². The van der Waals surface area contributed by atoms with E-state index in [0.29, 0.717) is 0 Å². The quantitative estimate of drug-likeness (QED) is 0.537. The fourth-order valence-corrected chi connectivity index (χ4v) is 3.97. The molecular weight excluding hydrogens is 362 g/mol. The van der Waals surface area contributed by atoms with Crippen LogP contribution in [0.3, 0.4) is 0 Å². The van der Waals surface area contributed by atoms with Crippen LogP contribution in [0.5, 0.6) is 0 Å². The van der Waals surface area contributed by atoms with Crippen LogP contribution in [0.1, 0.15) is 61.8 Å². The third kappa shape index (κ3) is 5.48. The number of unbranched alkanes of at least 4 members (excludes halogenated alkanes) is 3. The molecule has 154 valence electrons. The largest absolute Gasteiger partial charge is 0.444 e. The first-order valence-electron chi connectivity index (χ1n) is 10.6. The van der Waals surface area contributed by atoms with Gasteiger partial charge >= 0.3 is 6.09 Å². The second-order valence-electron chi connectivity index (χ2n) is 7.63. The van der Waals surface area contributed by atoms with E-state index in [1.54, 1.807) is 11.1 Å². The molecule has 0 aromatic heterocycles. The molecule has 0 unspecified atom stereocenters. The summed E-state index contributed by atoms with van der Waals surface area (Å²) in [7, 11) is 0. The second kappa shape index (κ2) is 10.8. The highest BCUT2D eigenvalue weighted by molar-refractivity contribution is 5.73. The Bertz CT molecular complexity index is 803. The summed E-state index contributed by atoms with van der Waals surface area (Å²) < 4.78 is 5.60. The van der Waals surface area contributed by atoms with E-state index in [9.17, 15) is 9.90 Å². The Kier molecular flexibility index (Phi) is 7.88. The Morgan fingerprint density at radius 2 is 1.83 bits per heavy atom. The van der Waals surface area contributed by atoms with Crippen LogP contribution in [0, 0.1) is 5.92 Å². The normalized spacial score (nSPS) is 16.3. The molecule has 4 nitrogen and oxygen atoms in total. The van der Waals surface area contributed by atoms with Crippen LogP contribution in [0.2, 0.25) is 0 Å². The summed E-state index contributed by atoms with van der Waals surface area (Å²) in [5.74, 6) is -0.0257. The molecule has 0 radical (unpaired) electrons. The maximum absolute atomic E-state index is 13.0. The van der Waals surface area contributed by atoms with Gasteiger partial charge in [0.2, 0.25) is 0 Å². The zero-order valence-electron chi connectivity index (χ0n) is 17.2. The molecule has 2 aromatic carbocycles. The Labute approximate surface area is 173 Å². The predicted octanol–water partition coefficient (Wildman–Crippen LogP) is 5.93. The summed E-state index contributed by atoms with van der Waals surface area (Å²) in [6.07, 6.45) is 8.82. The first-order chi connectivity index (χ1) is 14.2. The van der Waals surface area contributed by atoms with E-state index in [2.05, 4.69) is 19.1 Å². The first kappa shape index (κ1) is 21.1. The van der Waals surface area contributed by atoms with E-state index in [-0.39, 0.29) is 31.3 Å². The molecule has 3 rings (SSSR count). The van der Waals surface area contributed by atoms with Gasteiger partial charge in [0.15, 0.2) is 0 Å². The van der Waals surface area contributed by atoms with Crippen molar-refractivity contribution in [2.75, 3.05) is 6.61 Å². The second-order valence-corrected chi connectivity index (χ2v) is 7.63. The summed E-state index contributed by atoms with van der Waals surface area (Å²) in [6, 6.07) is 17.6. The summed E-state index contributed by atoms with van der Waals surface area (Å²) >= 11 is 0. The number of carbonyl (C=O) groups excluding carboxylic acids is 1. The lowest BCUT2D eigenvalue weighted by Gasteiger charge is -2.37. The molecule has 4 heteroatoms. The van der Waals surface area contributed by atoms with E-state index in [4.69, 9.17) is 4.74 Å². The number of aliphatic hydroxyl groups excluding tert-OH is 1. The van der Waals surface area contributed by atoms with E-state index in [0.717, 1.165) is 36.0 Å². The molecular formula is C25H31NO3. The number of hydrogen-bond acceptors (Lipinski definition) is 3. The monoisotopic (exact) mass is 393 g/mol. The van der Waals surface area contributed by atoms with Crippen LogP contribution < -0.4 is 0 Å². The number of amides is 1. The van der Waals surface area contributed by atoms with Crippen molar-refractivity contribution in [1.82, 2.24) is 4.90 Å². The summed E-state index contributed by atoms with van der Waals surface area (Å²) in [6.45, 7) is 2.47. The minimum Gasteiger partial charge on any atom is -0.444 e. The van der Waals surface area contributed by atoms with Crippen LogP contribution in [-0.2, 0) is 11.3 Å².